The number of aromatic nitrogens is 4. The molecular formula is C62H49Cl2F11N12O5S2. The number of alkyl halides is 6. The second-order valence-electron chi connectivity index (χ2n) is 24.0. The first kappa shape index (κ1) is 63.4. The number of carbonyl (C=O) groups is 1. The molecule has 94 heavy (non-hydrogen) atoms. The number of carbonyl (C=O) groups excluding carboxylic acids is 1. The van der Waals surface area contributed by atoms with Gasteiger partial charge in [0.25, 0.3) is 12.9 Å². The van der Waals surface area contributed by atoms with Gasteiger partial charge in [-0.05, 0) is 62.4 Å². The Morgan fingerprint density at radius 1 is 0.766 bits per heavy atom. The molecule has 14 rings (SSSR count). The highest BCUT2D eigenvalue weighted by atomic mass is 35.5. The van der Waals surface area contributed by atoms with Crippen LogP contribution in [0.25, 0.3) is 64.2 Å². The number of thiophene rings is 2. The van der Waals surface area contributed by atoms with Crippen molar-refractivity contribution in [3.8, 4) is 57.9 Å². The second-order valence-corrected chi connectivity index (χ2v) is 26.9. The van der Waals surface area contributed by atoms with Gasteiger partial charge >= 0.3 is 12.0 Å². The maximum Gasteiger partial charge on any atom is 0.319 e. The number of fused-ring (bicyclic) bond motifs is 4. The molecule has 17 nitrogen and oxygen atoms in total. The van der Waals surface area contributed by atoms with Gasteiger partial charge in [0.2, 0.25) is 0 Å². The molecule has 4 fully saturated rings. The van der Waals surface area contributed by atoms with Gasteiger partial charge < -0.3 is 39.8 Å². The monoisotopic (exact) mass is 1380 g/mol. The molecule has 0 spiro atoms. The molecule has 7 atom stereocenters. The number of anilines is 4. The number of nitrogen functional groups attached to an aromatic ring is 1. The smallest absolute Gasteiger partial charge is 0.319 e. The number of nitrogens with one attached hydrogen (secondary N) is 1. The summed E-state index contributed by atoms with van der Waals surface area (Å²) >= 11 is 15.6. The van der Waals surface area contributed by atoms with Crippen molar-refractivity contribution in [2.45, 2.75) is 100.0 Å². The molecule has 0 aliphatic carbocycles. The SMILES string of the molecule is C=C(F)C1COc2c(Cl)c(-c3ccc(F)c4sc(N)c(C#N)c34)c(F)c3nc(OC[C@@]45CCCN4C(Nc4sc6c(F)ccc(-c7c(Cl)c8c9c(nc(OC[C@@]%10%11CCCN%10C[C@H](F)C%11)nc9c7F)N(CC(F)F)C(C(C)=O)CO8)c6c4C#N)[C@H](F)C5)nc(c23)N1CC(F)F. The van der Waals surface area contributed by atoms with Crippen molar-refractivity contribution >= 4 is 115 Å². The molecule has 0 amide bonds. The Bertz CT molecular complexity index is 4640. The van der Waals surface area contributed by atoms with E-state index in [0.29, 0.717) is 30.7 Å². The van der Waals surface area contributed by atoms with Crippen LogP contribution < -0.4 is 39.8 Å². The van der Waals surface area contributed by atoms with Crippen molar-refractivity contribution < 1.29 is 72.0 Å². The Balaban J connectivity index is 0.836. The van der Waals surface area contributed by atoms with Gasteiger partial charge in [-0.15, -0.1) is 22.7 Å². The Morgan fingerprint density at radius 3 is 1.84 bits per heavy atom. The zero-order chi connectivity index (χ0) is 66.3. The van der Waals surface area contributed by atoms with Crippen LogP contribution in [0.1, 0.15) is 56.6 Å². The number of Topliss-reactive ketones (excluding diaryl/α,β-unsaturated/α-hetero) is 1. The molecule has 3 unspecified atom stereocenters. The van der Waals surface area contributed by atoms with Gasteiger partial charge in [-0.2, -0.15) is 30.5 Å². The van der Waals surface area contributed by atoms with E-state index in [9.17, 15) is 37.3 Å². The van der Waals surface area contributed by atoms with Gasteiger partial charge in [0, 0.05) is 47.8 Å². The number of nitrogens with zero attached hydrogens (tertiary/aromatic N) is 10. The standard InChI is InChI=1S/C62H49Cl2F11N12O5S2/c1-24(65)34-20-89-50-42-48(46(74)40(44(50)63)27-5-7-31(67)52-38(27)29(15-76)54(78)93-52)80-60(82-56(42)85(34)18-36(70)71)92-23-62-10-4-12-87(62)55(33(69)14-62)81-58-30(16-77)39-28(6-8-32(68)53(39)94-58)41-45(64)51-43-49(47(41)75)79-59(91-22-61-9-3-11-84(61)17-26(66)13-61)83-57(43)86(19-37(72)73)35(21-90-51)25(2)88/h5-8,26,33-37,55,81H,1,3-4,9-14,17-23,78H2,2H3/t26-,33-,34?,35?,55?,61+,62+/m1/s1. The molecule has 4 saturated heterocycles. The van der Waals surface area contributed by atoms with E-state index in [-0.39, 0.29) is 119 Å². The first-order valence-corrected chi connectivity index (χ1v) is 31.9. The van der Waals surface area contributed by atoms with Crippen LogP contribution in [-0.4, -0.2) is 149 Å². The lowest BCUT2D eigenvalue weighted by molar-refractivity contribution is -0.119. The minimum atomic E-state index is -3.15. The Hall–Kier alpha value is -8.00. The average Bonchev–Trinajstić information content (AvgIpc) is 1.40. The first-order chi connectivity index (χ1) is 45.0. The summed E-state index contributed by atoms with van der Waals surface area (Å²) in [6, 6.07) is 3.99. The largest absolute Gasteiger partial charge is 0.489 e. The molecule has 3 N–H and O–H groups in total. The molecule has 8 aromatic rings. The zero-order valence-corrected chi connectivity index (χ0v) is 52.1. The minimum Gasteiger partial charge on any atom is -0.489 e. The highest BCUT2D eigenvalue weighted by molar-refractivity contribution is 7.23. The van der Waals surface area contributed by atoms with E-state index >= 15 is 26.3 Å². The van der Waals surface area contributed by atoms with Crippen molar-refractivity contribution in [2.75, 3.05) is 80.0 Å². The van der Waals surface area contributed by atoms with Crippen LogP contribution >= 0.6 is 45.9 Å². The van der Waals surface area contributed by atoms with Crippen LogP contribution in [-0.2, 0) is 4.79 Å². The fourth-order valence-corrected chi connectivity index (χ4v) is 17.4. The summed E-state index contributed by atoms with van der Waals surface area (Å²) in [6.45, 7) is 1.19. The van der Waals surface area contributed by atoms with E-state index in [4.69, 9.17) is 47.9 Å². The molecular weight excluding hydrogens is 1340 g/mol. The van der Waals surface area contributed by atoms with Crippen molar-refractivity contribution in [3.63, 3.8) is 0 Å². The lowest BCUT2D eigenvalue weighted by Crippen LogP contribution is -2.49. The normalized spacial score (nSPS) is 23.4. The molecule has 0 saturated carbocycles. The Kier molecular flexibility index (Phi) is 16.0. The predicted molar refractivity (Wildman–Crippen MR) is 330 cm³/mol. The molecule has 6 aliphatic rings. The highest BCUT2D eigenvalue weighted by Gasteiger charge is 2.56. The number of ether oxygens (including phenoxy) is 4. The first-order valence-electron chi connectivity index (χ1n) is 29.5. The number of nitrogens with two attached hydrogens (primary N) is 1. The maximum absolute atomic E-state index is 18.1. The average molecular weight is 1390 g/mol. The third kappa shape index (κ3) is 10.0. The lowest BCUT2D eigenvalue weighted by Gasteiger charge is -2.34. The second kappa shape index (κ2) is 23.7. The van der Waals surface area contributed by atoms with Crippen molar-refractivity contribution in [2.24, 2.45) is 0 Å². The van der Waals surface area contributed by atoms with E-state index in [1.807, 2.05) is 11.0 Å². The fourth-order valence-electron chi connectivity index (χ4n) is 14.6. The van der Waals surface area contributed by atoms with E-state index < -0.39 is 172 Å². The molecule has 0 bridgehead atoms. The number of ketones is 1. The predicted octanol–water partition coefficient (Wildman–Crippen LogP) is 13.6. The number of hydrogen-bond donors (Lipinski definition) is 2. The maximum atomic E-state index is 18.1. The quantitative estimate of drug-likeness (QED) is 0.0863. The topological polar surface area (TPSA) is 204 Å². The molecule has 4 aromatic carbocycles. The number of rotatable bonds is 16. The number of benzene rings is 4. The summed E-state index contributed by atoms with van der Waals surface area (Å²) in [5, 5.41) is 22.1. The summed E-state index contributed by atoms with van der Waals surface area (Å²) < 4.78 is 198. The van der Waals surface area contributed by atoms with Crippen LogP contribution in [0, 0.1) is 45.9 Å². The van der Waals surface area contributed by atoms with Gasteiger partial charge in [0.15, 0.2) is 28.9 Å². The number of halogens is 13. The molecule has 490 valence electrons. The van der Waals surface area contributed by atoms with Crippen LogP contribution in [0.4, 0.5) is 69.9 Å². The zero-order valence-electron chi connectivity index (χ0n) is 49.0. The molecule has 10 heterocycles. The van der Waals surface area contributed by atoms with Gasteiger partial charge in [-0.1, -0.05) is 41.9 Å². The summed E-state index contributed by atoms with van der Waals surface area (Å²) in [5.74, 6) is -7.57. The minimum absolute atomic E-state index is 0.0774. The summed E-state index contributed by atoms with van der Waals surface area (Å²) in [4.78, 5) is 36.4. The van der Waals surface area contributed by atoms with Gasteiger partial charge in [0.05, 0.1) is 65.5 Å². The van der Waals surface area contributed by atoms with Crippen LogP contribution in [0.5, 0.6) is 23.5 Å². The van der Waals surface area contributed by atoms with Crippen LogP contribution in [0.2, 0.25) is 10.0 Å². The highest BCUT2D eigenvalue weighted by Crippen LogP contribution is 2.55. The number of nitriles is 2. The van der Waals surface area contributed by atoms with Gasteiger partial charge in [0.1, 0.15) is 119 Å². The summed E-state index contributed by atoms with van der Waals surface area (Å²) in [6.07, 6.45) is -8.68. The lowest BCUT2D eigenvalue weighted by atomic mass is 9.95. The third-order valence-electron chi connectivity index (χ3n) is 18.7. The van der Waals surface area contributed by atoms with E-state index in [1.54, 1.807) is 4.90 Å². The fraction of sp³-hybridized carbons (Fsp3) is 0.403. The van der Waals surface area contributed by atoms with Crippen LogP contribution in [0.3, 0.4) is 0 Å². The Labute approximate surface area is 543 Å². The molecule has 6 aliphatic heterocycles. The number of hydrogen-bond acceptors (Lipinski definition) is 19. The molecule has 32 heteroatoms. The Morgan fingerprint density at radius 2 is 1.29 bits per heavy atom. The van der Waals surface area contributed by atoms with Gasteiger partial charge in [-0.25, -0.2) is 48.3 Å². The third-order valence-corrected chi connectivity index (χ3v) is 21.6. The molecule has 0 radical (unpaired) electrons. The van der Waals surface area contributed by atoms with E-state index in [1.165, 1.54) is 0 Å². The molecule has 4 aromatic heterocycles. The van der Waals surface area contributed by atoms with Crippen molar-refractivity contribution in [3.05, 3.63) is 81.1 Å². The summed E-state index contributed by atoms with van der Waals surface area (Å²) in [7, 11) is 0. The van der Waals surface area contributed by atoms with Crippen LogP contribution in [0.15, 0.2) is 36.7 Å². The van der Waals surface area contributed by atoms with Gasteiger partial charge in [-0.3, -0.25) is 14.6 Å². The summed E-state index contributed by atoms with van der Waals surface area (Å²) in [5.41, 5.74) is 1.06. The van der Waals surface area contributed by atoms with Crippen molar-refractivity contribution in [1.29, 1.82) is 10.5 Å². The van der Waals surface area contributed by atoms with Crippen molar-refractivity contribution in [1.82, 2.24) is 29.7 Å². The van der Waals surface area contributed by atoms with E-state index in [0.717, 1.165) is 58.7 Å². The van der Waals surface area contributed by atoms with E-state index in [2.05, 4.69) is 37.9 Å².